The van der Waals surface area contributed by atoms with Gasteiger partial charge in [-0.25, -0.2) is 9.97 Å². The summed E-state index contributed by atoms with van der Waals surface area (Å²) in [5, 5.41) is 5.66. The van der Waals surface area contributed by atoms with Gasteiger partial charge < -0.3 is 5.32 Å². The van der Waals surface area contributed by atoms with E-state index in [0.29, 0.717) is 0 Å². The molecule has 0 radical (unpaired) electrons. The van der Waals surface area contributed by atoms with Crippen molar-refractivity contribution in [3.05, 3.63) is 10.9 Å². The van der Waals surface area contributed by atoms with Crippen molar-refractivity contribution < 1.29 is 0 Å². The predicted octanol–water partition coefficient (Wildman–Crippen LogP) is 5.10. The first kappa shape index (κ1) is 15.6. The predicted molar refractivity (Wildman–Crippen MR) is 91.2 cm³/mol. The Kier molecular flexibility index (Phi) is 6.10. The van der Waals surface area contributed by atoms with E-state index >= 15 is 0 Å². The molecule has 0 spiro atoms. The second-order valence-electron chi connectivity index (χ2n) is 4.91. The number of hydrogen-bond donors (Lipinski definition) is 1. The summed E-state index contributed by atoms with van der Waals surface area (Å²) in [6.07, 6.45) is 4.91. The number of anilines is 1. The fraction of sp³-hybridized carbons (Fsp3) is 0.600. The monoisotopic (exact) mass is 309 g/mol. The van der Waals surface area contributed by atoms with E-state index in [4.69, 9.17) is 4.98 Å². The SMILES string of the molecule is CCCCCSc1nc(NCCC)nc2sc(C)cc12. The van der Waals surface area contributed by atoms with Crippen molar-refractivity contribution in [1.82, 2.24) is 9.97 Å². The van der Waals surface area contributed by atoms with Crippen LogP contribution >= 0.6 is 23.1 Å². The summed E-state index contributed by atoms with van der Waals surface area (Å²) < 4.78 is 0. The number of fused-ring (bicyclic) bond motifs is 1. The molecular formula is C15H23N3S2. The van der Waals surface area contributed by atoms with E-state index in [9.17, 15) is 0 Å². The van der Waals surface area contributed by atoms with Gasteiger partial charge in [0, 0.05) is 16.8 Å². The highest BCUT2D eigenvalue weighted by atomic mass is 32.2. The van der Waals surface area contributed by atoms with Crippen molar-refractivity contribution in [2.75, 3.05) is 17.6 Å². The van der Waals surface area contributed by atoms with E-state index in [1.165, 1.54) is 29.5 Å². The Morgan fingerprint density at radius 3 is 2.80 bits per heavy atom. The van der Waals surface area contributed by atoms with Crippen molar-refractivity contribution in [2.24, 2.45) is 0 Å². The smallest absolute Gasteiger partial charge is 0.225 e. The van der Waals surface area contributed by atoms with Crippen molar-refractivity contribution in [3.63, 3.8) is 0 Å². The van der Waals surface area contributed by atoms with Gasteiger partial charge in [0.05, 0.1) is 0 Å². The summed E-state index contributed by atoms with van der Waals surface area (Å²) in [6, 6.07) is 2.21. The Hall–Kier alpha value is -0.810. The highest BCUT2D eigenvalue weighted by molar-refractivity contribution is 7.99. The molecule has 2 heterocycles. The lowest BCUT2D eigenvalue weighted by Crippen LogP contribution is -2.04. The van der Waals surface area contributed by atoms with Crippen molar-refractivity contribution in [3.8, 4) is 0 Å². The maximum absolute atomic E-state index is 4.70. The van der Waals surface area contributed by atoms with E-state index in [1.54, 1.807) is 11.3 Å². The Morgan fingerprint density at radius 1 is 1.20 bits per heavy atom. The minimum absolute atomic E-state index is 0.777. The largest absolute Gasteiger partial charge is 0.354 e. The molecule has 1 N–H and O–H groups in total. The van der Waals surface area contributed by atoms with Gasteiger partial charge in [-0.3, -0.25) is 0 Å². The summed E-state index contributed by atoms with van der Waals surface area (Å²) in [7, 11) is 0. The molecule has 3 nitrogen and oxygen atoms in total. The third kappa shape index (κ3) is 4.09. The molecule has 2 aromatic rings. The van der Waals surface area contributed by atoms with E-state index in [0.717, 1.165) is 34.5 Å². The van der Waals surface area contributed by atoms with Gasteiger partial charge in [0.15, 0.2) is 0 Å². The van der Waals surface area contributed by atoms with Gasteiger partial charge >= 0.3 is 0 Å². The summed E-state index contributed by atoms with van der Waals surface area (Å²) >= 11 is 3.62. The molecule has 0 aliphatic rings. The van der Waals surface area contributed by atoms with Gasteiger partial charge in [0.1, 0.15) is 9.86 Å². The van der Waals surface area contributed by atoms with Crippen LogP contribution in [-0.2, 0) is 0 Å². The molecule has 0 aliphatic carbocycles. The molecule has 110 valence electrons. The Morgan fingerprint density at radius 2 is 2.05 bits per heavy atom. The number of nitrogens with zero attached hydrogens (tertiary/aromatic N) is 2. The number of aromatic nitrogens is 2. The zero-order valence-electron chi connectivity index (χ0n) is 12.5. The molecule has 0 unspecified atom stereocenters. The lowest BCUT2D eigenvalue weighted by molar-refractivity contribution is 0.778. The zero-order chi connectivity index (χ0) is 14.4. The van der Waals surface area contributed by atoms with Crippen LogP contribution in [0.3, 0.4) is 0 Å². The zero-order valence-corrected chi connectivity index (χ0v) is 14.2. The molecule has 0 atom stereocenters. The van der Waals surface area contributed by atoms with Gasteiger partial charge in [-0.1, -0.05) is 26.7 Å². The van der Waals surface area contributed by atoms with E-state index < -0.39 is 0 Å². The average molecular weight is 310 g/mol. The Bertz CT molecular complexity index is 551. The van der Waals surface area contributed by atoms with E-state index in [2.05, 4.69) is 37.1 Å². The summed E-state index contributed by atoms with van der Waals surface area (Å²) in [6.45, 7) is 7.45. The van der Waals surface area contributed by atoms with Crippen molar-refractivity contribution in [2.45, 2.75) is 51.5 Å². The molecule has 0 amide bonds. The average Bonchev–Trinajstić information content (AvgIpc) is 2.81. The second-order valence-corrected chi connectivity index (χ2v) is 7.23. The number of unbranched alkanes of at least 4 members (excludes halogenated alkanes) is 2. The van der Waals surface area contributed by atoms with Crippen LogP contribution in [0.1, 0.15) is 44.4 Å². The van der Waals surface area contributed by atoms with Crippen LogP contribution < -0.4 is 5.32 Å². The maximum Gasteiger partial charge on any atom is 0.225 e. The molecule has 20 heavy (non-hydrogen) atoms. The van der Waals surface area contributed by atoms with Gasteiger partial charge in [-0.15, -0.1) is 23.1 Å². The van der Waals surface area contributed by atoms with Crippen LogP contribution in [0.2, 0.25) is 0 Å². The molecule has 0 saturated heterocycles. The number of thioether (sulfide) groups is 1. The molecule has 5 heteroatoms. The molecule has 0 aliphatic heterocycles. The van der Waals surface area contributed by atoms with Crippen LogP contribution in [0.5, 0.6) is 0 Å². The lowest BCUT2D eigenvalue weighted by Gasteiger charge is -2.07. The maximum atomic E-state index is 4.70. The minimum atomic E-state index is 0.777. The van der Waals surface area contributed by atoms with Gasteiger partial charge in [-0.2, -0.15) is 0 Å². The van der Waals surface area contributed by atoms with Crippen LogP contribution in [0.15, 0.2) is 11.1 Å². The van der Waals surface area contributed by atoms with Crippen LogP contribution in [0.4, 0.5) is 5.95 Å². The molecule has 2 aromatic heterocycles. The number of thiophene rings is 1. The number of nitrogens with one attached hydrogen (secondary N) is 1. The quantitative estimate of drug-likeness (QED) is 0.418. The first-order valence-corrected chi connectivity index (χ1v) is 9.19. The first-order valence-electron chi connectivity index (χ1n) is 7.39. The molecule has 2 rings (SSSR count). The highest BCUT2D eigenvalue weighted by Gasteiger charge is 2.10. The Labute approximate surface area is 129 Å². The van der Waals surface area contributed by atoms with Gasteiger partial charge in [-0.05, 0) is 31.6 Å². The van der Waals surface area contributed by atoms with E-state index in [1.807, 2.05) is 11.8 Å². The normalized spacial score (nSPS) is 11.2. The van der Waals surface area contributed by atoms with E-state index in [-0.39, 0.29) is 0 Å². The molecule has 0 bridgehead atoms. The van der Waals surface area contributed by atoms with Gasteiger partial charge in [0.2, 0.25) is 5.95 Å². The van der Waals surface area contributed by atoms with Gasteiger partial charge in [0.25, 0.3) is 0 Å². The van der Waals surface area contributed by atoms with Crippen molar-refractivity contribution >= 4 is 39.3 Å². The summed E-state index contributed by atoms with van der Waals surface area (Å²) in [5.41, 5.74) is 0. The standard InChI is InChI=1S/C15H23N3S2/c1-4-6-7-9-19-13-12-10-11(3)20-14(12)18-15(17-13)16-8-5-2/h10H,4-9H2,1-3H3,(H,16,17,18). The third-order valence-electron chi connectivity index (χ3n) is 3.00. The third-order valence-corrected chi connectivity index (χ3v) is 5.02. The number of aryl methyl sites for hydroxylation is 1. The minimum Gasteiger partial charge on any atom is -0.354 e. The molecule has 0 aromatic carbocycles. The van der Waals surface area contributed by atoms with Crippen LogP contribution in [0, 0.1) is 6.92 Å². The first-order chi connectivity index (χ1) is 9.74. The summed E-state index contributed by atoms with van der Waals surface area (Å²) in [5.74, 6) is 1.92. The van der Waals surface area contributed by atoms with Crippen LogP contribution in [-0.4, -0.2) is 22.3 Å². The fourth-order valence-electron chi connectivity index (χ4n) is 1.96. The molecule has 0 saturated carbocycles. The molecule has 0 fully saturated rings. The Balaban J connectivity index is 2.19. The number of hydrogen-bond acceptors (Lipinski definition) is 5. The lowest BCUT2D eigenvalue weighted by atomic mass is 10.3. The summed E-state index contributed by atoms with van der Waals surface area (Å²) in [4.78, 5) is 11.7. The highest BCUT2D eigenvalue weighted by Crippen LogP contribution is 2.32. The fourth-order valence-corrected chi connectivity index (χ4v) is 3.91. The van der Waals surface area contributed by atoms with Crippen LogP contribution in [0.25, 0.3) is 10.2 Å². The molecular weight excluding hydrogens is 286 g/mol. The number of rotatable bonds is 8. The topological polar surface area (TPSA) is 37.8 Å². The van der Waals surface area contributed by atoms with Crippen molar-refractivity contribution in [1.29, 1.82) is 0 Å². The second kappa shape index (κ2) is 7.84.